The average Bonchev–Trinajstić information content (AvgIpc) is 2.52. The highest BCUT2D eigenvalue weighted by molar-refractivity contribution is 5.49. The molecule has 0 atom stereocenters. The van der Waals surface area contributed by atoms with Gasteiger partial charge in [-0.25, -0.2) is 4.79 Å². The van der Waals surface area contributed by atoms with Gasteiger partial charge < -0.3 is 8.83 Å². The number of furan rings is 1. The Balaban J connectivity index is 2.52. The molecule has 2 rings (SSSR count). The molecule has 2 aromatic heterocycles. The number of rotatable bonds is 1. The van der Waals surface area contributed by atoms with Crippen molar-refractivity contribution in [2.24, 2.45) is 0 Å². The molecule has 0 spiro atoms. The van der Waals surface area contributed by atoms with Crippen LogP contribution in [0.3, 0.4) is 0 Å². The number of hydrogen-bond donors (Lipinski definition) is 0. The lowest BCUT2D eigenvalue weighted by Crippen LogP contribution is -1.94. The summed E-state index contributed by atoms with van der Waals surface area (Å²) in [6.07, 6.45) is 0. The fourth-order valence-corrected chi connectivity index (χ4v) is 1.09. The van der Waals surface area contributed by atoms with Crippen LogP contribution in [0.25, 0.3) is 11.5 Å². The van der Waals surface area contributed by atoms with E-state index < -0.39 is 0 Å². The van der Waals surface area contributed by atoms with E-state index in [0.29, 0.717) is 11.5 Å². The molecule has 0 radical (unpaired) electrons. The zero-order valence-corrected chi connectivity index (χ0v) is 7.11. The molecule has 0 aliphatic heterocycles. The van der Waals surface area contributed by atoms with Crippen molar-refractivity contribution < 1.29 is 8.83 Å². The van der Waals surface area contributed by atoms with E-state index in [9.17, 15) is 4.79 Å². The second-order valence-electron chi connectivity index (χ2n) is 2.72. The first kappa shape index (κ1) is 7.86. The first-order chi connectivity index (χ1) is 6.25. The van der Waals surface area contributed by atoms with E-state index in [-0.39, 0.29) is 5.63 Å². The third-order valence-corrected chi connectivity index (χ3v) is 1.67. The maximum Gasteiger partial charge on any atom is 0.336 e. The van der Waals surface area contributed by atoms with E-state index in [0.717, 1.165) is 5.76 Å². The Morgan fingerprint density at radius 1 is 1.00 bits per heavy atom. The highest BCUT2D eigenvalue weighted by Crippen LogP contribution is 2.19. The zero-order valence-electron chi connectivity index (χ0n) is 7.11. The van der Waals surface area contributed by atoms with Gasteiger partial charge in [-0.1, -0.05) is 6.07 Å². The summed E-state index contributed by atoms with van der Waals surface area (Å²) in [4.78, 5) is 10.9. The van der Waals surface area contributed by atoms with Crippen LogP contribution in [-0.2, 0) is 0 Å². The molecule has 0 bridgehead atoms. The van der Waals surface area contributed by atoms with Gasteiger partial charge in [-0.3, -0.25) is 0 Å². The molecule has 0 aliphatic rings. The molecular weight excluding hydrogens is 168 g/mol. The molecule has 0 fully saturated rings. The third-order valence-electron chi connectivity index (χ3n) is 1.67. The summed E-state index contributed by atoms with van der Waals surface area (Å²) in [7, 11) is 0. The van der Waals surface area contributed by atoms with Gasteiger partial charge in [-0.05, 0) is 25.1 Å². The molecule has 0 amide bonds. The van der Waals surface area contributed by atoms with Crippen LogP contribution in [0.2, 0.25) is 0 Å². The van der Waals surface area contributed by atoms with Gasteiger partial charge in [0.15, 0.2) is 11.5 Å². The first-order valence-electron chi connectivity index (χ1n) is 3.93. The predicted octanol–water partition coefficient (Wildman–Crippen LogP) is 2.21. The maximum atomic E-state index is 10.9. The molecule has 0 N–H and O–H groups in total. The molecule has 2 heterocycles. The second-order valence-corrected chi connectivity index (χ2v) is 2.72. The summed E-state index contributed by atoms with van der Waals surface area (Å²) < 4.78 is 10.2. The highest BCUT2D eigenvalue weighted by Gasteiger charge is 2.04. The Morgan fingerprint density at radius 2 is 1.77 bits per heavy atom. The fourth-order valence-electron chi connectivity index (χ4n) is 1.09. The molecule has 3 heteroatoms. The smallest absolute Gasteiger partial charge is 0.336 e. The quantitative estimate of drug-likeness (QED) is 0.669. The number of aryl methyl sites for hydroxylation is 1. The summed E-state index contributed by atoms with van der Waals surface area (Å²) in [5.41, 5.74) is -0.369. The molecule has 3 nitrogen and oxygen atoms in total. The van der Waals surface area contributed by atoms with Crippen molar-refractivity contribution in [3.05, 3.63) is 46.5 Å². The molecular formula is C10H8O3. The first-order valence-corrected chi connectivity index (χ1v) is 3.93. The lowest BCUT2D eigenvalue weighted by molar-refractivity contribution is 0.481. The standard InChI is InChI=1S/C10H8O3/c1-7-5-6-9(12-7)8-3-2-4-10(11)13-8/h2-6H,1H3. The normalized spacial score (nSPS) is 10.2. The summed E-state index contributed by atoms with van der Waals surface area (Å²) in [6, 6.07) is 8.29. The Labute approximate surface area is 74.6 Å². The van der Waals surface area contributed by atoms with Gasteiger partial charge >= 0.3 is 5.63 Å². The van der Waals surface area contributed by atoms with Crippen molar-refractivity contribution in [1.29, 1.82) is 0 Å². The SMILES string of the molecule is Cc1ccc(-c2cccc(=O)o2)o1. The summed E-state index contributed by atoms with van der Waals surface area (Å²) in [6.45, 7) is 1.84. The monoisotopic (exact) mass is 176 g/mol. The van der Waals surface area contributed by atoms with Gasteiger partial charge in [-0.2, -0.15) is 0 Å². The lowest BCUT2D eigenvalue weighted by atomic mass is 10.3. The van der Waals surface area contributed by atoms with Crippen LogP contribution >= 0.6 is 0 Å². The minimum absolute atomic E-state index is 0.369. The van der Waals surface area contributed by atoms with E-state index >= 15 is 0 Å². The van der Waals surface area contributed by atoms with Crippen LogP contribution in [0.1, 0.15) is 5.76 Å². The molecule has 66 valence electrons. The largest absolute Gasteiger partial charge is 0.458 e. The minimum atomic E-state index is -0.369. The predicted molar refractivity (Wildman–Crippen MR) is 47.4 cm³/mol. The van der Waals surface area contributed by atoms with Gasteiger partial charge in [0.2, 0.25) is 0 Å². The Kier molecular flexibility index (Phi) is 1.77. The number of hydrogen-bond acceptors (Lipinski definition) is 3. The average molecular weight is 176 g/mol. The van der Waals surface area contributed by atoms with Gasteiger partial charge in [0.1, 0.15) is 5.76 Å². The van der Waals surface area contributed by atoms with Gasteiger partial charge in [0.05, 0.1) is 0 Å². The van der Waals surface area contributed by atoms with E-state index in [1.807, 2.05) is 13.0 Å². The zero-order chi connectivity index (χ0) is 9.26. The van der Waals surface area contributed by atoms with Crippen molar-refractivity contribution in [2.45, 2.75) is 6.92 Å². The molecule has 0 aliphatic carbocycles. The van der Waals surface area contributed by atoms with Gasteiger partial charge in [0.25, 0.3) is 0 Å². The van der Waals surface area contributed by atoms with E-state index in [4.69, 9.17) is 8.83 Å². The van der Waals surface area contributed by atoms with Crippen LogP contribution in [0.5, 0.6) is 0 Å². The maximum absolute atomic E-state index is 10.9. The van der Waals surface area contributed by atoms with Crippen molar-refractivity contribution >= 4 is 0 Å². The van der Waals surface area contributed by atoms with E-state index in [1.165, 1.54) is 6.07 Å². The van der Waals surface area contributed by atoms with E-state index in [1.54, 1.807) is 18.2 Å². The molecule has 2 aromatic rings. The van der Waals surface area contributed by atoms with Crippen molar-refractivity contribution in [3.8, 4) is 11.5 Å². The molecule has 13 heavy (non-hydrogen) atoms. The Bertz CT molecular complexity index is 465. The van der Waals surface area contributed by atoms with Crippen LogP contribution in [0.15, 0.2) is 44.0 Å². The summed E-state index contributed by atoms with van der Waals surface area (Å²) in [5.74, 6) is 1.83. The second kappa shape index (κ2) is 2.94. The van der Waals surface area contributed by atoms with Crippen LogP contribution in [0, 0.1) is 6.92 Å². The van der Waals surface area contributed by atoms with Crippen molar-refractivity contribution in [2.75, 3.05) is 0 Å². The van der Waals surface area contributed by atoms with Crippen molar-refractivity contribution in [1.82, 2.24) is 0 Å². The lowest BCUT2D eigenvalue weighted by Gasteiger charge is -1.92. The van der Waals surface area contributed by atoms with Gasteiger partial charge in [0, 0.05) is 6.07 Å². The summed E-state index contributed by atoms with van der Waals surface area (Å²) >= 11 is 0. The Hall–Kier alpha value is -1.77. The minimum Gasteiger partial charge on any atom is -0.458 e. The molecule has 0 saturated heterocycles. The summed E-state index contributed by atoms with van der Waals surface area (Å²) in [5, 5.41) is 0. The van der Waals surface area contributed by atoms with Crippen LogP contribution in [0.4, 0.5) is 0 Å². The fraction of sp³-hybridized carbons (Fsp3) is 0.100. The highest BCUT2D eigenvalue weighted by atomic mass is 16.4. The molecule has 0 saturated carbocycles. The third kappa shape index (κ3) is 1.54. The molecule has 0 aromatic carbocycles. The molecule has 0 unspecified atom stereocenters. The van der Waals surface area contributed by atoms with E-state index in [2.05, 4.69) is 0 Å². The Morgan fingerprint density at radius 3 is 2.38 bits per heavy atom. The van der Waals surface area contributed by atoms with Crippen molar-refractivity contribution in [3.63, 3.8) is 0 Å². The topological polar surface area (TPSA) is 43.4 Å². The van der Waals surface area contributed by atoms with Crippen LogP contribution in [-0.4, -0.2) is 0 Å². The van der Waals surface area contributed by atoms with Gasteiger partial charge in [-0.15, -0.1) is 0 Å². The van der Waals surface area contributed by atoms with Crippen LogP contribution < -0.4 is 5.63 Å².